The number of rotatable bonds is 20. The summed E-state index contributed by atoms with van der Waals surface area (Å²) in [6.07, 6.45) is -5.06. The van der Waals surface area contributed by atoms with E-state index in [4.69, 9.17) is 20.8 Å². The highest BCUT2D eigenvalue weighted by atomic mass is 35.5. The first-order valence-electron chi connectivity index (χ1n) is 21.3. The van der Waals surface area contributed by atoms with Crippen LogP contribution in [0.2, 0.25) is 5.02 Å². The normalized spacial score (nSPS) is 16.1. The van der Waals surface area contributed by atoms with Crippen LogP contribution in [0.3, 0.4) is 0 Å². The molecule has 5 aromatic rings. The Morgan fingerprint density at radius 2 is 1.51 bits per heavy atom. The van der Waals surface area contributed by atoms with Crippen molar-refractivity contribution in [2.75, 3.05) is 13.1 Å². The molecule has 4 N–H and O–H groups in total. The number of alkyl halides is 2. The Hall–Kier alpha value is -6.76. The number of hydrogen-bond acceptors (Lipinski definition) is 10. The van der Waals surface area contributed by atoms with Gasteiger partial charge < -0.3 is 30.0 Å². The number of carbonyl (C=O) groups is 6. The predicted molar refractivity (Wildman–Crippen MR) is 243 cm³/mol. The first kappa shape index (κ1) is 49.7. The Kier molecular flexibility index (Phi) is 16.8. The van der Waals surface area contributed by atoms with E-state index in [1.54, 1.807) is 97.4 Å². The minimum Gasteiger partial charge on any atom is -0.451 e. The molecule has 1 aliphatic heterocycles. The average Bonchev–Trinajstić information content (AvgIpc) is 4.00. The number of halogens is 3. The monoisotopic (exact) mass is 959 g/mol. The molecule has 5 amide bonds. The van der Waals surface area contributed by atoms with Gasteiger partial charge in [-0.1, -0.05) is 105 Å². The molecule has 0 spiro atoms. The van der Waals surface area contributed by atoms with E-state index >= 15 is 0 Å². The number of carbonyl (C=O) groups excluding carboxylic acids is 6. The quantitative estimate of drug-likeness (QED) is 0.0676. The predicted octanol–water partition coefficient (Wildman–Crippen LogP) is 5.93. The number of nitrogens with one attached hydrogen (secondary N) is 4. The topological polar surface area (TPSA) is 210 Å². The second-order valence-corrected chi connectivity index (χ2v) is 17.9. The first-order valence-corrected chi connectivity index (χ1v) is 23.1. The van der Waals surface area contributed by atoms with Gasteiger partial charge in [0, 0.05) is 30.0 Å². The summed E-state index contributed by atoms with van der Waals surface area (Å²) in [7, 11) is -4.46. The van der Waals surface area contributed by atoms with Crippen LogP contribution in [-0.4, -0.2) is 92.4 Å². The minimum atomic E-state index is -4.46. The highest BCUT2D eigenvalue weighted by Crippen LogP contribution is 2.28. The summed E-state index contributed by atoms with van der Waals surface area (Å²) in [5.74, 6) is -7.13. The van der Waals surface area contributed by atoms with Gasteiger partial charge in [-0.2, -0.15) is 0 Å². The van der Waals surface area contributed by atoms with Crippen molar-refractivity contribution in [3.8, 4) is 22.5 Å². The summed E-state index contributed by atoms with van der Waals surface area (Å²) < 4.78 is 67.8. The maximum atomic E-state index is 14.5. The molecule has 15 nitrogen and oxygen atoms in total. The average molecular weight is 960 g/mol. The standard InChI is InChI=1S/C48H48ClF2N5O10S/c1-3-29(2)43(54-46(60)40-22-21-39(66-40)32-17-19-34(49)20-18-32)48(62)56-27-35(65-28-30-11-6-4-7-12-30)24-38(56)45(59)53-37(25-41(50)51)44(58)47(61)52-26-42(57)55-67(63,64)36-16-10-15-33(23-36)31-13-8-5-9-14-31/h4-23,29,35,37-38,41,43H,3,24-28H2,1-2H3,(H,52,61)(H,53,59)(H,54,60)(H,55,57)/t29-,35-,37+,38+,43+/m1/s1. The Bertz CT molecular complexity index is 2670. The Morgan fingerprint density at radius 1 is 0.836 bits per heavy atom. The Morgan fingerprint density at radius 3 is 2.18 bits per heavy atom. The van der Waals surface area contributed by atoms with Gasteiger partial charge in [-0.05, 0) is 71.1 Å². The molecule has 19 heteroatoms. The number of nitrogens with zero attached hydrogens (tertiary/aromatic N) is 1. The second-order valence-electron chi connectivity index (χ2n) is 15.8. The van der Waals surface area contributed by atoms with E-state index in [2.05, 4.69) is 10.6 Å². The molecule has 1 aromatic heterocycles. The molecule has 352 valence electrons. The molecule has 0 aliphatic carbocycles. The van der Waals surface area contributed by atoms with Gasteiger partial charge in [-0.3, -0.25) is 28.8 Å². The fraction of sp³-hybridized carbons (Fsp3) is 0.292. The minimum absolute atomic E-state index is 0.0868. The molecular weight excluding hydrogens is 912 g/mol. The van der Waals surface area contributed by atoms with Crippen LogP contribution in [0.4, 0.5) is 8.78 Å². The summed E-state index contributed by atoms with van der Waals surface area (Å²) in [4.78, 5) is 82.3. The number of benzene rings is 4. The van der Waals surface area contributed by atoms with E-state index in [-0.39, 0.29) is 30.2 Å². The zero-order valence-electron chi connectivity index (χ0n) is 36.3. The Balaban J connectivity index is 1.15. The van der Waals surface area contributed by atoms with Crippen LogP contribution in [0.5, 0.6) is 0 Å². The van der Waals surface area contributed by atoms with Crippen LogP contribution in [0.1, 0.15) is 49.2 Å². The van der Waals surface area contributed by atoms with E-state index in [0.29, 0.717) is 33.9 Å². The van der Waals surface area contributed by atoms with Crippen LogP contribution in [0.25, 0.3) is 22.5 Å². The first-order chi connectivity index (χ1) is 32.0. The summed E-state index contributed by atoms with van der Waals surface area (Å²) >= 11 is 6.01. The third-order valence-corrected chi connectivity index (χ3v) is 12.7. The van der Waals surface area contributed by atoms with Gasteiger partial charge in [0.05, 0.1) is 24.2 Å². The molecule has 0 radical (unpaired) electrons. The van der Waals surface area contributed by atoms with Crippen molar-refractivity contribution in [3.05, 3.63) is 138 Å². The molecule has 1 fully saturated rings. The van der Waals surface area contributed by atoms with Crippen molar-refractivity contribution in [2.24, 2.45) is 5.92 Å². The fourth-order valence-corrected chi connectivity index (χ4v) is 8.46. The highest BCUT2D eigenvalue weighted by Gasteiger charge is 2.45. The largest absolute Gasteiger partial charge is 0.451 e. The summed E-state index contributed by atoms with van der Waals surface area (Å²) in [6, 6.07) is 28.5. The third-order valence-electron chi connectivity index (χ3n) is 11.1. The number of ketones is 1. The number of ether oxygens (including phenoxy) is 1. The molecule has 1 aliphatic rings. The van der Waals surface area contributed by atoms with E-state index in [1.165, 1.54) is 24.3 Å². The summed E-state index contributed by atoms with van der Waals surface area (Å²) in [6.45, 7) is 2.38. The van der Waals surface area contributed by atoms with Crippen molar-refractivity contribution in [1.29, 1.82) is 0 Å². The van der Waals surface area contributed by atoms with Crippen LogP contribution in [0, 0.1) is 5.92 Å². The van der Waals surface area contributed by atoms with Crippen LogP contribution in [-0.2, 0) is 45.3 Å². The summed E-state index contributed by atoms with van der Waals surface area (Å²) in [5, 5.41) is 7.37. The second kappa shape index (κ2) is 22.6. The van der Waals surface area contributed by atoms with Gasteiger partial charge in [0.2, 0.25) is 24.0 Å². The van der Waals surface area contributed by atoms with E-state index < -0.39 is 94.9 Å². The van der Waals surface area contributed by atoms with Gasteiger partial charge in [-0.15, -0.1) is 0 Å². The number of likely N-dealkylation sites (tertiary alicyclic amines) is 1. The molecular formula is C48H48ClF2N5O10S. The molecule has 0 saturated carbocycles. The lowest BCUT2D eigenvalue weighted by Crippen LogP contribution is -2.57. The van der Waals surface area contributed by atoms with E-state index in [1.807, 2.05) is 23.5 Å². The van der Waals surface area contributed by atoms with Gasteiger partial charge >= 0.3 is 0 Å². The zero-order chi connectivity index (χ0) is 48.3. The third kappa shape index (κ3) is 13.2. The number of furan rings is 1. The molecule has 67 heavy (non-hydrogen) atoms. The highest BCUT2D eigenvalue weighted by molar-refractivity contribution is 7.90. The summed E-state index contributed by atoms with van der Waals surface area (Å²) in [5.41, 5.74) is 2.68. The van der Waals surface area contributed by atoms with Crippen LogP contribution >= 0.6 is 11.6 Å². The lowest BCUT2D eigenvalue weighted by atomic mass is 9.97. The van der Waals surface area contributed by atoms with Gasteiger partial charge in [0.1, 0.15) is 23.9 Å². The number of amides is 5. The Labute approximate surface area is 390 Å². The number of hydrogen-bond donors (Lipinski definition) is 4. The van der Waals surface area contributed by atoms with Gasteiger partial charge in [-0.25, -0.2) is 21.9 Å². The van der Waals surface area contributed by atoms with Crippen molar-refractivity contribution in [3.63, 3.8) is 0 Å². The van der Waals surface area contributed by atoms with E-state index in [0.717, 1.165) is 10.5 Å². The molecule has 0 bridgehead atoms. The van der Waals surface area contributed by atoms with Gasteiger partial charge in [0.25, 0.3) is 27.7 Å². The smallest absolute Gasteiger partial charge is 0.290 e. The molecule has 0 unspecified atom stereocenters. The van der Waals surface area contributed by atoms with Crippen LogP contribution in [0.15, 0.2) is 131 Å². The molecule has 5 atom stereocenters. The number of Topliss-reactive ketones (excluding diaryl/α,β-unsaturated/α-hetero) is 1. The zero-order valence-corrected chi connectivity index (χ0v) is 37.9. The maximum absolute atomic E-state index is 14.5. The van der Waals surface area contributed by atoms with Crippen molar-refractivity contribution >= 4 is 56.9 Å². The maximum Gasteiger partial charge on any atom is 0.290 e. The van der Waals surface area contributed by atoms with Gasteiger partial charge in [0.15, 0.2) is 5.76 Å². The molecule has 2 heterocycles. The lowest BCUT2D eigenvalue weighted by molar-refractivity contribution is -0.143. The fourth-order valence-electron chi connectivity index (χ4n) is 7.30. The molecule has 4 aromatic carbocycles. The van der Waals surface area contributed by atoms with Crippen molar-refractivity contribution in [1.82, 2.24) is 25.6 Å². The SMILES string of the molecule is CC[C@@H](C)[C@H](NC(=O)c1ccc(-c2ccc(Cl)cc2)o1)C(=O)N1C[C@H](OCc2ccccc2)C[C@H]1C(=O)N[C@@H](CC(F)F)C(=O)C(=O)NCC(=O)NS(=O)(=O)c1cccc(-c2ccccc2)c1. The lowest BCUT2D eigenvalue weighted by Gasteiger charge is -2.31. The molecule has 6 rings (SSSR count). The number of sulfonamides is 1. The van der Waals surface area contributed by atoms with E-state index in [9.17, 15) is 46.0 Å². The van der Waals surface area contributed by atoms with Crippen molar-refractivity contribution in [2.45, 2.75) is 75.3 Å². The van der Waals surface area contributed by atoms with Crippen molar-refractivity contribution < 1.29 is 55.1 Å². The molecule has 1 saturated heterocycles. The van der Waals surface area contributed by atoms with Crippen LogP contribution < -0.4 is 20.7 Å².